The minimum atomic E-state index is 0.384. The van der Waals surface area contributed by atoms with Crippen molar-refractivity contribution in [1.82, 2.24) is 5.32 Å². The van der Waals surface area contributed by atoms with Crippen LogP contribution in [0.1, 0.15) is 31.9 Å². The van der Waals surface area contributed by atoms with E-state index in [1.807, 2.05) is 18.2 Å². The summed E-state index contributed by atoms with van der Waals surface area (Å²) in [4.78, 5) is 0. The van der Waals surface area contributed by atoms with E-state index in [4.69, 9.17) is 11.6 Å². The number of benzene rings is 1. The largest absolute Gasteiger partial charge is 0.307 e. The van der Waals surface area contributed by atoms with Gasteiger partial charge in [0.1, 0.15) is 0 Å². The Morgan fingerprint density at radius 2 is 2.31 bits per heavy atom. The summed E-state index contributed by atoms with van der Waals surface area (Å²) in [5.74, 6) is 1.23. The summed E-state index contributed by atoms with van der Waals surface area (Å²) < 4.78 is 0. The van der Waals surface area contributed by atoms with Crippen LogP contribution in [0.5, 0.6) is 0 Å². The molecule has 1 aliphatic heterocycles. The molecule has 1 N–H and O–H groups in total. The van der Waals surface area contributed by atoms with Crippen LogP contribution in [-0.2, 0) is 0 Å². The predicted molar refractivity (Wildman–Crippen MR) is 73.3 cm³/mol. The Morgan fingerprint density at radius 3 is 2.94 bits per heavy atom. The predicted octanol–water partition coefficient (Wildman–Crippen LogP) is 3.88. The highest BCUT2D eigenvalue weighted by Crippen LogP contribution is 2.28. The van der Waals surface area contributed by atoms with Crippen molar-refractivity contribution in [3.8, 4) is 0 Å². The van der Waals surface area contributed by atoms with Crippen LogP contribution in [0.15, 0.2) is 24.3 Å². The molecule has 0 radical (unpaired) electrons. The van der Waals surface area contributed by atoms with E-state index in [1.165, 1.54) is 17.7 Å². The van der Waals surface area contributed by atoms with Crippen molar-refractivity contribution in [2.24, 2.45) is 0 Å². The first-order chi connectivity index (χ1) is 7.65. The number of hydrogen-bond acceptors (Lipinski definition) is 2. The summed E-state index contributed by atoms with van der Waals surface area (Å²) in [7, 11) is 0. The standard InChI is InChI=1S/C13H18ClNS/c1-9-6-13(8-16-9)15-10(2)11-4-3-5-12(14)7-11/h3-5,7,9-10,13,15H,6,8H2,1-2H3/t9?,10-,13?/m0/s1. The van der Waals surface area contributed by atoms with Crippen LogP contribution >= 0.6 is 23.4 Å². The molecule has 0 spiro atoms. The molecule has 3 heteroatoms. The Bertz CT molecular complexity index is 356. The molecule has 0 bridgehead atoms. The maximum atomic E-state index is 6.00. The molecule has 0 aliphatic carbocycles. The molecule has 1 heterocycles. The summed E-state index contributed by atoms with van der Waals surface area (Å²) in [6, 6.07) is 9.15. The molecular formula is C13H18ClNS. The van der Waals surface area contributed by atoms with Crippen LogP contribution in [-0.4, -0.2) is 17.0 Å². The van der Waals surface area contributed by atoms with Gasteiger partial charge in [0.15, 0.2) is 0 Å². The molecule has 1 fully saturated rings. The normalized spacial score (nSPS) is 26.9. The number of thioether (sulfide) groups is 1. The Morgan fingerprint density at radius 1 is 1.50 bits per heavy atom. The van der Waals surface area contributed by atoms with Crippen LogP contribution in [0.2, 0.25) is 5.02 Å². The average Bonchev–Trinajstić information content (AvgIpc) is 2.64. The van der Waals surface area contributed by atoms with Gasteiger partial charge < -0.3 is 5.32 Å². The summed E-state index contributed by atoms with van der Waals surface area (Å²) in [6.07, 6.45) is 1.27. The van der Waals surface area contributed by atoms with Crippen molar-refractivity contribution >= 4 is 23.4 Å². The second kappa shape index (κ2) is 5.44. The van der Waals surface area contributed by atoms with Gasteiger partial charge in [-0.05, 0) is 31.0 Å². The van der Waals surface area contributed by atoms with E-state index in [-0.39, 0.29) is 0 Å². The van der Waals surface area contributed by atoms with Gasteiger partial charge in [0, 0.05) is 28.1 Å². The van der Waals surface area contributed by atoms with Crippen molar-refractivity contribution < 1.29 is 0 Å². The van der Waals surface area contributed by atoms with E-state index in [0.29, 0.717) is 12.1 Å². The first-order valence-corrected chi connectivity index (χ1v) is 7.21. The third-order valence-corrected chi connectivity index (χ3v) is 4.62. The summed E-state index contributed by atoms with van der Waals surface area (Å²) >= 11 is 8.05. The number of rotatable bonds is 3. The molecule has 88 valence electrons. The fraction of sp³-hybridized carbons (Fsp3) is 0.538. The molecule has 1 aliphatic rings. The SMILES string of the molecule is CC1CC(N[C@@H](C)c2cccc(Cl)c2)CS1. The molecule has 1 saturated heterocycles. The lowest BCUT2D eigenvalue weighted by molar-refractivity contribution is 0.474. The zero-order valence-corrected chi connectivity index (χ0v) is 11.3. The lowest BCUT2D eigenvalue weighted by Crippen LogP contribution is -2.31. The van der Waals surface area contributed by atoms with Crippen LogP contribution in [0.25, 0.3) is 0 Å². The molecule has 1 nitrogen and oxygen atoms in total. The monoisotopic (exact) mass is 255 g/mol. The van der Waals surface area contributed by atoms with E-state index < -0.39 is 0 Å². The molecule has 1 aromatic rings. The highest BCUT2D eigenvalue weighted by atomic mass is 35.5. The first kappa shape index (κ1) is 12.3. The van der Waals surface area contributed by atoms with Crippen molar-refractivity contribution in [2.45, 2.75) is 37.6 Å². The third kappa shape index (κ3) is 3.16. The number of nitrogens with one attached hydrogen (secondary N) is 1. The van der Waals surface area contributed by atoms with Gasteiger partial charge in [-0.25, -0.2) is 0 Å². The zero-order chi connectivity index (χ0) is 11.5. The van der Waals surface area contributed by atoms with Gasteiger partial charge in [0.2, 0.25) is 0 Å². The van der Waals surface area contributed by atoms with Gasteiger partial charge in [-0.2, -0.15) is 11.8 Å². The second-order valence-electron chi connectivity index (χ2n) is 4.52. The third-order valence-electron chi connectivity index (χ3n) is 3.03. The molecule has 0 aromatic heterocycles. The van der Waals surface area contributed by atoms with E-state index in [1.54, 1.807) is 0 Å². The highest BCUT2D eigenvalue weighted by molar-refractivity contribution is 8.00. The molecular weight excluding hydrogens is 238 g/mol. The fourth-order valence-corrected chi connectivity index (χ4v) is 3.52. The summed E-state index contributed by atoms with van der Waals surface area (Å²) in [5, 5.41) is 5.29. The van der Waals surface area contributed by atoms with Gasteiger partial charge in [0.05, 0.1) is 0 Å². The Balaban J connectivity index is 1.95. The van der Waals surface area contributed by atoms with Gasteiger partial charge in [0.25, 0.3) is 0 Å². The van der Waals surface area contributed by atoms with Crippen LogP contribution < -0.4 is 5.32 Å². The van der Waals surface area contributed by atoms with E-state index in [0.717, 1.165) is 10.3 Å². The first-order valence-electron chi connectivity index (χ1n) is 5.78. The van der Waals surface area contributed by atoms with E-state index >= 15 is 0 Å². The van der Waals surface area contributed by atoms with Crippen LogP contribution in [0.4, 0.5) is 0 Å². The quantitative estimate of drug-likeness (QED) is 0.880. The lowest BCUT2D eigenvalue weighted by atomic mass is 10.1. The Kier molecular flexibility index (Phi) is 4.17. The Labute approximate surface area is 107 Å². The van der Waals surface area contributed by atoms with Gasteiger partial charge in [-0.3, -0.25) is 0 Å². The van der Waals surface area contributed by atoms with Gasteiger partial charge in [-0.1, -0.05) is 30.7 Å². The maximum Gasteiger partial charge on any atom is 0.0409 e. The Hall–Kier alpha value is -0.180. The van der Waals surface area contributed by atoms with Crippen molar-refractivity contribution in [2.75, 3.05) is 5.75 Å². The fourth-order valence-electron chi connectivity index (χ4n) is 2.16. The van der Waals surface area contributed by atoms with Crippen LogP contribution in [0.3, 0.4) is 0 Å². The van der Waals surface area contributed by atoms with E-state index in [9.17, 15) is 0 Å². The molecule has 0 saturated carbocycles. The molecule has 2 unspecified atom stereocenters. The zero-order valence-electron chi connectivity index (χ0n) is 9.74. The summed E-state index contributed by atoms with van der Waals surface area (Å²) in [5.41, 5.74) is 1.28. The average molecular weight is 256 g/mol. The molecule has 3 atom stereocenters. The molecule has 1 aromatic carbocycles. The topological polar surface area (TPSA) is 12.0 Å². The lowest BCUT2D eigenvalue weighted by Gasteiger charge is -2.19. The van der Waals surface area contributed by atoms with Crippen molar-refractivity contribution in [1.29, 1.82) is 0 Å². The number of halogens is 1. The van der Waals surface area contributed by atoms with Crippen molar-refractivity contribution in [3.05, 3.63) is 34.9 Å². The molecule has 2 rings (SSSR count). The smallest absolute Gasteiger partial charge is 0.0409 e. The van der Waals surface area contributed by atoms with E-state index in [2.05, 4.69) is 37.0 Å². The second-order valence-corrected chi connectivity index (χ2v) is 6.43. The minimum absolute atomic E-state index is 0.384. The number of hydrogen-bond donors (Lipinski definition) is 1. The van der Waals surface area contributed by atoms with Gasteiger partial charge in [-0.15, -0.1) is 0 Å². The maximum absolute atomic E-state index is 6.00. The van der Waals surface area contributed by atoms with Gasteiger partial charge >= 0.3 is 0 Å². The molecule has 0 amide bonds. The van der Waals surface area contributed by atoms with Crippen molar-refractivity contribution in [3.63, 3.8) is 0 Å². The highest BCUT2D eigenvalue weighted by Gasteiger charge is 2.23. The van der Waals surface area contributed by atoms with Crippen LogP contribution in [0, 0.1) is 0 Å². The molecule has 16 heavy (non-hydrogen) atoms. The summed E-state index contributed by atoms with van der Waals surface area (Å²) in [6.45, 7) is 4.51. The minimum Gasteiger partial charge on any atom is -0.307 e.